The lowest BCUT2D eigenvalue weighted by molar-refractivity contribution is 0.155. The maximum Gasteiger partial charge on any atom is 0.411 e. The standard InChI is InChI=1S/C13H20N2O2/c1-10(2)6-7-17-13(16)15-12-5-3-4-11(8-12)9-14/h3-5,8,10H,6-7,9,14H2,1-2H3,(H,15,16). The Hall–Kier alpha value is -1.55. The molecule has 0 heterocycles. The van der Waals surface area contributed by atoms with Crippen LogP contribution in [0.1, 0.15) is 25.8 Å². The van der Waals surface area contributed by atoms with Crippen LogP contribution >= 0.6 is 0 Å². The molecule has 0 saturated heterocycles. The van der Waals surface area contributed by atoms with Gasteiger partial charge in [0.1, 0.15) is 0 Å². The summed E-state index contributed by atoms with van der Waals surface area (Å²) in [6, 6.07) is 7.41. The molecule has 0 aliphatic heterocycles. The number of carbonyl (C=O) groups excluding carboxylic acids is 1. The van der Waals surface area contributed by atoms with Gasteiger partial charge in [-0.15, -0.1) is 0 Å². The quantitative estimate of drug-likeness (QED) is 0.826. The lowest BCUT2D eigenvalue weighted by Gasteiger charge is -2.09. The molecule has 0 spiro atoms. The number of carbonyl (C=O) groups is 1. The zero-order valence-corrected chi connectivity index (χ0v) is 10.4. The Morgan fingerprint density at radius 2 is 2.24 bits per heavy atom. The molecule has 3 N–H and O–H groups in total. The molecule has 0 bridgehead atoms. The molecular formula is C13H20N2O2. The summed E-state index contributed by atoms with van der Waals surface area (Å²) in [7, 11) is 0. The average molecular weight is 236 g/mol. The Labute approximate surface area is 102 Å². The van der Waals surface area contributed by atoms with Crippen molar-refractivity contribution in [2.24, 2.45) is 11.7 Å². The van der Waals surface area contributed by atoms with Gasteiger partial charge in [0.25, 0.3) is 0 Å². The molecule has 0 unspecified atom stereocenters. The van der Waals surface area contributed by atoms with Crippen molar-refractivity contribution in [1.29, 1.82) is 0 Å². The van der Waals surface area contributed by atoms with Crippen LogP contribution in [0.3, 0.4) is 0 Å². The fourth-order valence-corrected chi connectivity index (χ4v) is 1.32. The van der Waals surface area contributed by atoms with Crippen LogP contribution in [-0.2, 0) is 11.3 Å². The molecule has 4 heteroatoms. The van der Waals surface area contributed by atoms with Crippen LogP contribution in [0.25, 0.3) is 0 Å². The highest BCUT2D eigenvalue weighted by Crippen LogP contribution is 2.10. The largest absolute Gasteiger partial charge is 0.449 e. The molecule has 0 aliphatic rings. The number of ether oxygens (including phenoxy) is 1. The fraction of sp³-hybridized carbons (Fsp3) is 0.462. The van der Waals surface area contributed by atoms with Crippen molar-refractivity contribution in [3.63, 3.8) is 0 Å². The van der Waals surface area contributed by atoms with Gasteiger partial charge < -0.3 is 10.5 Å². The number of hydrogen-bond acceptors (Lipinski definition) is 3. The molecule has 0 radical (unpaired) electrons. The van der Waals surface area contributed by atoms with Crippen molar-refractivity contribution in [1.82, 2.24) is 0 Å². The number of benzene rings is 1. The second kappa shape index (κ2) is 6.91. The predicted molar refractivity (Wildman–Crippen MR) is 68.8 cm³/mol. The molecule has 17 heavy (non-hydrogen) atoms. The van der Waals surface area contributed by atoms with E-state index in [0.717, 1.165) is 12.0 Å². The highest BCUT2D eigenvalue weighted by atomic mass is 16.5. The maximum atomic E-state index is 11.4. The Kier molecular flexibility index (Phi) is 5.49. The lowest BCUT2D eigenvalue weighted by Crippen LogP contribution is -2.15. The number of anilines is 1. The summed E-state index contributed by atoms with van der Waals surface area (Å²) in [5, 5.41) is 2.67. The van der Waals surface area contributed by atoms with Crippen molar-refractivity contribution in [3.05, 3.63) is 29.8 Å². The molecule has 1 amide bonds. The lowest BCUT2D eigenvalue weighted by atomic mass is 10.1. The van der Waals surface area contributed by atoms with Crippen molar-refractivity contribution in [2.75, 3.05) is 11.9 Å². The first-order chi connectivity index (χ1) is 8.11. The second-order valence-corrected chi connectivity index (χ2v) is 4.35. The average Bonchev–Trinajstić information content (AvgIpc) is 2.28. The van der Waals surface area contributed by atoms with Crippen LogP contribution < -0.4 is 11.1 Å². The van der Waals surface area contributed by atoms with E-state index < -0.39 is 6.09 Å². The maximum absolute atomic E-state index is 11.4. The van der Waals surface area contributed by atoms with Gasteiger partial charge in [-0.3, -0.25) is 5.32 Å². The zero-order chi connectivity index (χ0) is 12.7. The Bertz CT molecular complexity index is 364. The van der Waals surface area contributed by atoms with Crippen molar-refractivity contribution < 1.29 is 9.53 Å². The Balaban J connectivity index is 2.39. The summed E-state index contributed by atoms with van der Waals surface area (Å²) < 4.78 is 5.05. The number of amides is 1. The Morgan fingerprint density at radius 3 is 2.88 bits per heavy atom. The van der Waals surface area contributed by atoms with E-state index in [1.165, 1.54) is 0 Å². The van der Waals surface area contributed by atoms with Crippen molar-refractivity contribution >= 4 is 11.8 Å². The van der Waals surface area contributed by atoms with Crippen LogP contribution in [-0.4, -0.2) is 12.7 Å². The molecule has 0 atom stereocenters. The molecule has 0 aromatic heterocycles. The topological polar surface area (TPSA) is 64.3 Å². The van der Waals surface area contributed by atoms with E-state index in [4.69, 9.17) is 10.5 Å². The summed E-state index contributed by atoms with van der Waals surface area (Å²) >= 11 is 0. The van der Waals surface area contributed by atoms with E-state index in [2.05, 4.69) is 19.2 Å². The molecule has 4 nitrogen and oxygen atoms in total. The number of hydrogen-bond donors (Lipinski definition) is 2. The van der Waals surface area contributed by atoms with Gasteiger partial charge in [-0.1, -0.05) is 26.0 Å². The van der Waals surface area contributed by atoms with E-state index in [1.807, 2.05) is 24.3 Å². The molecule has 1 rings (SSSR count). The minimum absolute atomic E-state index is 0.417. The van der Waals surface area contributed by atoms with E-state index in [-0.39, 0.29) is 0 Å². The molecule has 0 saturated carbocycles. The van der Waals surface area contributed by atoms with Crippen LogP contribution in [0.5, 0.6) is 0 Å². The minimum atomic E-state index is -0.417. The van der Waals surface area contributed by atoms with E-state index in [1.54, 1.807) is 0 Å². The Morgan fingerprint density at radius 1 is 1.47 bits per heavy atom. The van der Waals surface area contributed by atoms with Crippen molar-refractivity contribution in [2.45, 2.75) is 26.8 Å². The highest BCUT2D eigenvalue weighted by molar-refractivity contribution is 5.84. The molecular weight excluding hydrogens is 216 g/mol. The third-order valence-electron chi connectivity index (χ3n) is 2.34. The van der Waals surface area contributed by atoms with Crippen LogP contribution in [0.15, 0.2) is 24.3 Å². The summed E-state index contributed by atoms with van der Waals surface area (Å²) in [5.41, 5.74) is 7.21. The monoisotopic (exact) mass is 236 g/mol. The van der Waals surface area contributed by atoms with Gasteiger partial charge in [-0.25, -0.2) is 4.79 Å². The predicted octanol–water partition coefficient (Wildman–Crippen LogP) is 2.74. The van der Waals surface area contributed by atoms with Gasteiger partial charge in [-0.2, -0.15) is 0 Å². The first kappa shape index (κ1) is 13.5. The zero-order valence-electron chi connectivity index (χ0n) is 10.4. The molecule has 0 fully saturated rings. The van der Waals surface area contributed by atoms with Crippen molar-refractivity contribution in [3.8, 4) is 0 Å². The van der Waals surface area contributed by atoms with Gasteiger partial charge in [0.15, 0.2) is 0 Å². The summed E-state index contributed by atoms with van der Waals surface area (Å²) in [4.78, 5) is 11.4. The summed E-state index contributed by atoms with van der Waals surface area (Å²) in [6.45, 7) is 5.08. The number of nitrogens with two attached hydrogens (primary N) is 1. The van der Waals surface area contributed by atoms with Gasteiger partial charge in [0, 0.05) is 12.2 Å². The van der Waals surface area contributed by atoms with E-state index >= 15 is 0 Å². The first-order valence-corrected chi connectivity index (χ1v) is 5.84. The van der Waals surface area contributed by atoms with E-state index in [9.17, 15) is 4.79 Å². The summed E-state index contributed by atoms with van der Waals surface area (Å²) in [6.07, 6.45) is 0.454. The highest BCUT2D eigenvalue weighted by Gasteiger charge is 2.04. The van der Waals surface area contributed by atoms with Gasteiger partial charge in [-0.05, 0) is 30.0 Å². The molecule has 94 valence electrons. The first-order valence-electron chi connectivity index (χ1n) is 5.84. The molecule has 1 aromatic rings. The minimum Gasteiger partial charge on any atom is -0.449 e. The SMILES string of the molecule is CC(C)CCOC(=O)Nc1cccc(CN)c1. The van der Waals surface area contributed by atoms with Gasteiger partial charge in [0.2, 0.25) is 0 Å². The second-order valence-electron chi connectivity index (χ2n) is 4.35. The van der Waals surface area contributed by atoms with E-state index in [0.29, 0.717) is 24.8 Å². The summed E-state index contributed by atoms with van der Waals surface area (Å²) in [5.74, 6) is 0.531. The van der Waals surface area contributed by atoms with Crippen LogP contribution in [0.4, 0.5) is 10.5 Å². The fourth-order valence-electron chi connectivity index (χ4n) is 1.32. The number of rotatable bonds is 5. The van der Waals surface area contributed by atoms with Gasteiger partial charge >= 0.3 is 6.09 Å². The molecule has 1 aromatic carbocycles. The van der Waals surface area contributed by atoms with Gasteiger partial charge in [0.05, 0.1) is 6.61 Å². The van der Waals surface area contributed by atoms with Crippen LogP contribution in [0, 0.1) is 5.92 Å². The molecule has 0 aliphatic carbocycles. The normalized spacial score (nSPS) is 10.4. The van der Waals surface area contributed by atoms with Crippen LogP contribution in [0.2, 0.25) is 0 Å². The number of nitrogens with one attached hydrogen (secondary N) is 1. The third kappa shape index (κ3) is 5.36. The third-order valence-corrected chi connectivity index (χ3v) is 2.34. The smallest absolute Gasteiger partial charge is 0.411 e.